The summed E-state index contributed by atoms with van der Waals surface area (Å²) in [4.78, 5) is 12.0. The van der Waals surface area contributed by atoms with Gasteiger partial charge in [-0.25, -0.2) is 8.42 Å². The van der Waals surface area contributed by atoms with Gasteiger partial charge in [0.2, 0.25) is 15.9 Å². The Morgan fingerprint density at radius 2 is 2.00 bits per heavy atom. The summed E-state index contributed by atoms with van der Waals surface area (Å²) in [6.07, 6.45) is 1.79. The summed E-state index contributed by atoms with van der Waals surface area (Å²) in [6.45, 7) is 4.43. The third-order valence-electron chi connectivity index (χ3n) is 2.96. The SMILES string of the molecule is CC(C)OCCCNC(=O)CN(c1ccc(Cl)cc1Cl)S(C)(=O)=O. The van der Waals surface area contributed by atoms with E-state index in [0.29, 0.717) is 24.6 Å². The highest BCUT2D eigenvalue weighted by Gasteiger charge is 2.22. The number of carbonyl (C=O) groups excluding carboxylic acids is 1. The molecule has 0 saturated heterocycles. The molecule has 0 aromatic heterocycles. The van der Waals surface area contributed by atoms with Crippen molar-refractivity contribution in [3.63, 3.8) is 0 Å². The first-order valence-corrected chi connectivity index (χ1v) is 10.0. The number of sulfonamides is 1. The van der Waals surface area contributed by atoms with Crippen LogP contribution in [0.5, 0.6) is 0 Å². The van der Waals surface area contributed by atoms with Gasteiger partial charge < -0.3 is 10.1 Å². The van der Waals surface area contributed by atoms with Crippen molar-refractivity contribution in [3.8, 4) is 0 Å². The molecule has 1 N–H and O–H groups in total. The Balaban J connectivity index is 2.69. The van der Waals surface area contributed by atoms with Crippen molar-refractivity contribution in [2.75, 3.05) is 30.3 Å². The molecule has 0 aliphatic heterocycles. The molecule has 0 aliphatic rings. The number of carbonyl (C=O) groups is 1. The largest absolute Gasteiger partial charge is 0.379 e. The molecule has 24 heavy (non-hydrogen) atoms. The molecule has 1 aromatic carbocycles. The first-order chi connectivity index (χ1) is 11.1. The van der Waals surface area contributed by atoms with E-state index in [2.05, 4.69) is 5.32 Å². The van der Waals surface area contributed by atoms with E-state index in [-0.39, 0.29) is 23.4 Å². The number of nitrogens with one attached hydrogen (secondary N) is 1. The summed E-state index contributed by atoms with van der Waals surface area (Å²) in [5.41, 5.74) is 0.210. The molecule has 0 fully saturated rings. The van der Waals surface area contributed by atoms with Crippen LogP contribution < -0.4 is 9.62 Å². The van der Waals surface area contributed by atoms with E-state index in [9.17, 15) is 13.2 Å². The highest BCUT2D eigenvalue weighted by molar-refractivity contribution is 7.92. The van der Waals surface area contributed by atoms with E-state index in [0.717, 1.165) is 10.6 Å². The number of rotatable bonds is 9. The van der Waals surface area contributed by atoms with E-state index in [4.69, 9.17) is 27.9 Å². The maximum atomic E-state index is 12.0. The molecule has 0 unspecified atom stereocenters. The van der Waals surface area contributed by atoms with Gasteiger partial charge in [0.05, 0.1) is 23.1 Å². The van der Waals surface area contributed by atoms with Gasteiger partial charge in [0.25, 0.3) is 0 Å². The molecule has 0 spiro atoms. The highest BCUT2D eigenvalue weighted by Crippen LogP contribution is 2.30. The lowest BCUT2D eigenvalue weighted by Gasteiger charge is -2.23. The second-order valence-corrected chi connectivity index (χ2v) is 8.24. The molecule has 0 atom stereocenters. The first-order valence-electron chi connectivity index (χ1n) is 7.42. The normalized spacial score (nSPS) is 11.6. The van der Waals surface area contributed by atoms with Crippen LogP contribution in [-0.2, 0) is 19.6 Å². The Labute approximate surface area is 153 Å². The fourth-order valence-corrected chi connectivity index (χ4v) is 3.30. The van der Waals surface area contributed by atoms with Gasteiger partial charge in [-0.15, -0.1) is 0 Å². The van der Waals surface area contributed by atoms with Crippen LogP contribution in [0.1, 0.15) is 20.3 Å². The molecule has 9 heteroatoms. The lowest BCUT2D eigenvalue weighted by atomic mass is 10.3. The van der Waals surface area contributed by atoms with Crippen LogP contribution >= 0.6 is 23.2 Å². The molecule has 0 aliphatic carbocycles. The van der Waals surface area contributed by atoms with Crippen LogP contribution in [0.4, 0.5) is 5.69 Å². The fraction of sp³-hybridized carbons (Fsp3) is 0.533. The average Bonchev–Trinajstić information content (AvgIpc) is 2.43. The topological polar surface area (TPSA) is 75.7 Å². The lowest BCUT2D eigenvalue weighted by Crippen LogP contribution is -2.41. The number of hydrogen-bond acceptors (Lipinski definition) is 4. The van der Waals surface area contributed by atoms with E-state index >= 15 is 0 Å². The lowest BCUT2D eigenvalue weighted by molar-refractivity contribution is -0.119. The maximum Gasteiger partial charge on any atom is 0.240 e. The minimum absolute atomic E-state index is 0.133. The van der Waals surface area contributed by atoms with Crippen molar-refractivity contribution >= 4 is 44.8 Å². The Bertz CT molecular complexity index is 665. The number of nitrogens with zero attached hydrogens (tertiary/aromatic N) is 1. The number of benzene rings is 1. The van der Waals surface area contributed by atoms with Crippen LogP contribution in [-0.4, -0.2) is 46.4 Å². The summed E-state index contributed by atoms with van der Waals surface area (Å²) >= 11 is 11.9. The molecule has 1 rings (SSSR count). The number of ether oxygens (including phenoxy) is 1. The molecule has 0 saturated carbocycles. The van der Waals surface area contributed by atoms with Crippen molar-refractivity contribution in [1.82, 2.24) is 5.32 Å². The van der Waals surface area contributed by atoms with E-state index in [1.165, 1.54) is 18.2 Å². The molecule has 136 valence electrons. The van der Waals surface area contributed by atoms with Crippen molar-refractivity contribution in [1.29, 1.82) is 0 Å². The Hall–Kier alpha value is -1.02. The smallest absolute Gasteiger partial charge is 0.240 e. The molecule has 0 radical (unpaired) electrons. The summed E-state index contributed by atoms with van der Waals surface area (Å²) in [6, 6.07) is 4.41. The van der Waals surface area contributed by atoms with Crippen LogP contribution in [0.15, 0.2) is 18.2 Å². The standard InChI is InChI=1S/C15H22Cl2N2O4S/c1-11(2)23-8-4-7-18-15(20)10-19(24(3,21)22)14-6-5-12(16)9-13(14)17/h5-6,9,11H,4,7-8,10H2,1-3H3,(H,18,20). The summed E-state index contributed by atoms with van der Waals surface area (Å²) in [5, 5.41) is 3.21. The van der Waals surface area contributed by atoms with Gasteiger partial charge in [0.15, 0.2) is 0 Å². The Kier molecular flexibility index (Phi) is 8.29. The van der Waals surface area contributed by atoms with Gasteiger partial charge in [0, 0.05) is 18.2 Å². The number of halogens is 2. The highest BCUT2D eigenvalue weighted by atomic mass is 35.5. The Morgan fingerprint density at radius 3 is 2.54 bits per heavy atom. The molecule has 0 bridgehead atoms. The third-order valence-corrected chi connectivity index (χ3v) is 4.62. The van der Waals surface area contributed by atoms with E-state index < -0.39 is 15.9 Å². The minimum Gasteiger partial charge on any atom is -0.379 e. The second kappa shape index (κ2) is 9.46. The van der Waals surface area contributed by atoms with Gasteiger partial charge in [0.1, 0.15) is 6.54 Å². The summed E-state index contributed by atoms with van der Waals surface area (Å²) in [7, 11) is -3.67. The van der Waals surface area contributed by atoms with Crippen molar-refractivity contribution in [2.24, 2.45) is 0 Å². The average molecular weight is 397 g/mol. The van der Waals surface area contributed by atoms with Gasteiger partial charge in [-0.2, -0.15) is 0 Å². The van der Waals surface area contributed by atoms with Gasteiger partial charge >= 0.3 is 0 Å². The van der Waals surface area contributed by atoms with Crippen molar-refractivity contribution in [2.45, 2.75) is 26.4 Å². The minimum atomic E-state index is -3.67. The van der Waals surface area contributed by atoms with E-state index in [1.54, 1.807) is 0 Å². The Morgan fingerprint density at radius 1 is 1.33 bits per heavy atom. The predicted molar refractivity (Wildman–Crippen MR) is 97.4 cm³/mol. The second-order valence-electron chi connectivity index (χ2n) is 5.49. The van der Waals surface area contributed by atoms with Crippen LogP contribution in [0, 0.1) is 0 Å². The molecule has 1 aromatic rings. The van der Waals surface area contributed by atoms with E-state index in [1.807, 2.05) is 13.8 Å². The molecule has 1 amide bonds. The fourth-order valence-electron chi connectivity index (χ4n) is 1.87. The zero-order chi connectivity index (χ0) is 18.3. The quantitative estimate of drug-likeness (QED) is 0.650. The predicted octanol–water partition coefficient (Wildman–Crippen LogP) is 2.69. The summed E-state index contributed by atoms with van der Waals surface area (Å²) in [5.74, 6) is -0.420. The van der Waals surface area contributed by atoms with Gasteiger partial charge in [-0.3, -0.25) is 9.10 Å². The molecular formula is C15H22Cl2N2O4S. The van der Waals surface area contributed by atoms with Crippen molar-refractivity contribution in [3.05, 3.63) is 28.2 Å². The third kappa shape index (κ3) is 7.25. The van der Waals surface area contributed by atoms with Crippen LogP contribution in [0.2, 0.25) is 10.0 Å². The molecular weight excluding hydrogens is 375 g/mol. The van der Waals surface area contributed by atoms with Crippen molar-refractivity contribution < 1.29 is 17.9 Å². The van der Waals surface area contributed by atoms with Gasteiger partial charge in [-0.1, -0.05) is 23.2 Å². The zero-order valence-corrected chi connectivity index (χ0v) is 16.2. The van der Waals surface area contributed by atoms with Gasteiger partial charge in [-0.05, 0) is 38.5 Å². The van der Waals surface area contributed by atoms with Crippen LogP contribution in [0.3, 0.4) is 0 Å². The number of anilines is 1. The first kappa shape index (κ1) is 21.0. The maximum absolute atomic E-state index is 12.0. The number of amides is 1. The zero-order valence-electron chi connectivity index (χ0n) is 13.9. The monoisotopic (exact) mass is 396 g/mol. The number of hydrogen-bond donors (Lipinski definition) is 1. The van der Waals surface area contributed by atoms with Crippen LogP contribution in [0.25, 0.3) is 0 Å². The molecule has 0 heterocycles. The summed E-state index contributed by atoms with van der Waals surface area (Å²) < 4.78 is 30.3. The molecule has 6 nitrogen and oxygen atoms in total.